The van der Waals surface area contributed by atoms with Crippen molar-refractivity contribution in [3.05, 3.63) is 28.8 Å². The first-order valence-electron chi connectivity index (χ1n) is 7.73. The molecule has 0 atom stereocenters. The van der Waals surface area contributed by atoms with E-state index in [1.165, 1.54) is 0 Å². The maximum Gasteiger partial charge on any atom is 0.164 e. The molecule has 1 heterocycles. The molecule has 1 saturated heterocycles. The van der Waals surface area contributed by atoms with E-state index in [9.17, 15) is 4.79 Å². The van der Waals surface area contributed by atoms with Gasteiger partial charge < -0.3 is 15.0 Å². The Morgan fingerprint density at radius 3 is 2.62 bits per heavy atom. The van der Waals surface area contributed by atoms with Gasteiger partial charge in [0.05, 0.1) is 7.11 Å². The predicted molar refractivity (Wildman–Crippen MR) is 85.3 cm³/mol. The molecule has 1 N–H and O–H groups in total. The number of carbonyl (C=O) groups excluding carboxylic acids is 1. The van der Waals surface area contributed by atoms with Crippen LogP contribution in [-0.4, -0.2) is 50.5 Å². The van der Waals surface area contributed by atoms with Crippen LogP contribution in [0.4, 0.5) is 0 Å². The van der Waals surface area contributed by atoms with E-state index in [0.29, 0.717) is 6.42 Å². The molecule has 0 amide bonds. The highest BCUT2D eigenvalue weighted by Crippen LogP contribution is 2.23. The Morgan fingerprint density at radius 1 is 1.24 bits per heavy atom. The van der Waals surface area contributed by atoms with E-state index in [1.807, 2.05) is 26.0 Å². The molecule has 4 heteroatoms. The van der Waals surface area contributed by atoms with Gasteiger partial charge in [0, 0.05) is 31.6 Å². The number of benzene rings is 1. The van der Waals surface area contributed by atoms with Gasteiger partial charge in [-0.15, -0.1) is 0 Å². The zero-order chi connectivity index (χ0) is 15.2. The fourth-order valence-electron chi connectivity index (χ4n) is 2.99. The summed E-state index contributed by atoms with van der Waals surface area (Å²) in [5, 5.41) is 3.39. The van der Waals surface area contributed by atoms with Crippen molar-refractivity contribution in [1.29, 1.82) is 0 Å². The minimum Gasteiger partial charge on any atom is -0.497 e. The highest BCUT2D eigenvalue weighted by atomic mass is 16.5. The van der Waals surface area contributed by atoms with Gasteiger partial charge >= 0.3 is 0 Å². The third-order valence-corrected chi connectivity index (χ3v) is 4.11. The van der Waals surface area contributed by atoms with Crippen LogP contribution >= 0.6 is 0 Å². The smallest absolute Gasteiger partial charge is 0.164 e. The second-order valence-electron chi connectivity index (χ2n) is 5.75. The van der Waals surface area contributed by atoms with E-state index in [4.69, 9.17) is 4.74 Å². The Bertz CT molecular complexity index is 469. The summed E-state index contributed by atoms with van der Waals surface area (Å²) >= 11 is 0. The molecule has 21 heavy (non-hydrogen) atoms. The van der Waals surface area contributed by atoms with Gasteiger partial charge in [0.1, 0.15) is 5.75 Å². The summed E-state index contributed by atoms with van der Waals surface area (Å²) in [5.41, 5.74) is 2.88. The highest BCUT2D eigenvalue weighted by Gasteiger charge is 2.16. The molecule has 116 valence electrons. The van der Waals surface area contributed by atoms with Crippen molar-refractivity contribution >= 4 is 5.78 Å². The van der Waals surface area contributed by atoms with Crippen LogP contribution in [0.3, 0.4) is 0 Å². The molecular weight excluding hydrogens is 264 g/mol. The van der Waals surface area contributed by atoms with Gasteiger partial charge in [-0.3, -0.25) is 4.79 Å². The first-order chi connectivity index (χ1) is 10.1. The largest absolute Gasteiger partial charge is 0.497 e. The quantitative estimate of drug-likeness (QED) is 0.844. The maximum atomic E-state index is 12.5. The number of hydrogen-bond acceptors (Lipinski definition) is 4. The molecule has 1 aromatic carbocycles. The summed E-state index contributed by atoms with van der Waals surface area (Å²) in [4.78, 5) is 14.9. The lowest BCUT2D eigenvalue weighted by atomic mass is 9.97. The highest BCUT2D eigenvalue weighted by molar-refractivity contribution is 5.99. The maximum absolute atomic E-state index is 12.5. The number of aryl methyl sites for hydroxylation is 2. The monoisotopic (exact) mass is 290 g/mol. The molecule has 0 aliphatic carbocycles. The standard InChI is InChI=1S/C17H26N2O2/c1-13-11-15(21-3)12-14(2)17(13)16(20)5-9-19-8-4-6-18-7-10-19/h11-12,18H,4-10H2,1-3H3. The molecule has 0 spiro atoms. The Labute approximate surface area is 127 Å². The Morgan fingerprint density at radius 2 is 1.95 bits per heavy atom. The van der Waals surface area contributed by atoms with E-state index >= 15 is 0 Å². The molecule has 1 aliphatic heterocycles. The molecule has 0 bridgehead atoms. The molecule has 1 aromatic rings. The van der Waals surface area contributed by atoms with E-state index in [1.54, 1.807) is 7.11 Å². The van der Waals surface area contributed by atoms with E-state index in [2.05, 4.69) is 10.2 Å². The van der Waals surface area contributed by atoms with Crippen molar-refractivity contribution in [2.75, 3.05) is 39.8 Å². The molecule has 1 fully saturated rings. The number of hydrogen-bond donors (Lipinski definition) is 1. The molecule has 0 aromatic heterocycles. The van der Waals surface area contributed by atoms with Crippen molar-refractivity contribution in [3.8, 4) is 5.75 Å². The average Bonchev–Trinajstić information content (AvgIpc) is 2.72. The second kappa shape index (κ2) is 7.57. The first-order valence-corrected chi connectivity index (χ1v) is 7.73. The third kappa shape index (κ3) is 4.29. The van der Waals surface area contributed by atoms with Crippen LogP contribution in [0.1, 0.15) is 34.3 Å². The number of Topliss-reactive ketones (excluding diaryl/α,β-unsaturated/α-hetero) is 1. The lowest BCUT2D eigenvalue weighted by Gasteiger charge is -2.19. The number of carbonyl (C=O) groups is 1. The van der Waals surface area contributed by atoms with Crippen LogP contribution in [0.25, 0.3) is 0 Å². The Kier molecular flexibility index (Phi) is 5.76. The van der Waals surface area contributed by atoms with Crippen LogP contribution in [0.15, 0.2) is 12.1 Å². The molecule has 4 nitrogen and oxygen atoms in total. The van der Waals surface area contributed by atoms with Crippen LogP contribution in [0.5, 0.6) is 5.75 Å². The zero-order valence-corrected chi connectivity index (χ0v) is 13.4. The number of ketones is 1. The number of nitrogens with zero attached hydrogens (tertiary/aromatic N) is 1. The Hall–Kier alpha value is -1.39. The summed E-state index contributed by atoms with van der Waals surface area (Å²) in [6.07, 6.45) is 1.75. The van der Waals surface area contributed by atoms with Crippen molar-refractivity contribution in [2.24, 2.45) is 0 Å². The summed E-state index contributed by atoms with van der Waals surface area (Å²) < 4.78 is 5.25. The lowest BCUT2D eigenvalue weighted by molar-refractivity contribution is 0.0964. The van der Waals surface area contributed by atoms with Crippen molar-refractivity contribution in [2.45, 2.75) is 26.7 Å². The van der Waals surface area contributed by atoms with Gasteiger partial charge in [0.2, 0.25) is 0 Å². The molecule has 2 rings (SSSR count). The normalized spacial score (nSPS) is 16.5. The molecule has 0 unspecified atom stereocenters. The number of methoxy groups -OCH3 is 1. The minimum atomic E-state index is 0.241. The topological polar surface area (TPSA) is 41.6 Å². The SMILES string of the molecule is COc1cc(C)c(C(=O)CCN2CCCNCC2)c(C)c1. The third-order valence-electron chi connectivity index (χ3n) is 4.11. The fourth-order valence-corrected chi connectivity index (χ4v) is 2.99. The second-order valence-corrected chi connectivity index (χ2v) is 5.75. The van der Waals surface area contributed by atoms with Crippen LogP contribution < -0.4 is 10.1 Å². The molecule has 0 radical (unpaired) electrons. The first kappa shape index (κ1) is 16.0. The zero-order valence-electron chi connectivity index (χ0n) is 13.4. The van der Waals surface area contributed by atoms with E-state index in [0.717, 1.165) is 61.6 Å². The van der Waals surface area contributed by atoms with Crippen LogP contribution in [-0.2, 0) is 0 Å². The average molecular weight is 290 g/mol. The lowest BCUT2D eigenvalue weighted by Crippen LogP contribution is -2.30. The van der Waals surface area contributed by atoms with Crippen LogP contribution in [0.2, 0.25) is 0 Å². The van der Waals surface area contributed by atoms with Gasteiger partial charge in [-0.05, 0) is 56.6 Å². The van der Waals surface area contributed by atoms with E-state index < -0.39 is 0 Å². The van der Waals surface area contributed by atoms with Gasteiger partial charge in [-0.25, -0.2) is 0 Å². The van der Waals surface area contributed by atoms with E-state index in [-0.39, 0.29) is 5.78 Å². The molecule has 0 saturated carbocycles. The predicted octanol–water partition coefficient (Wildman–Crippen LogP) is 2.18. The van der Waals surface area contributed by atoms with Crippen LogP contribution in [0, 0.1) is 13.8 Å². The van der Waals surface area contributed by atoms with Crippen molar-refractivity contribution < 1.29 is 9.53 Å². The fraction of sp³-hybridized carbons (Fsp3) is 0.588. The molecular formula is C17H26N2O2. The summed E-state index contributed by atoms with van der Waals surface area (Å²) in [7, 11) is 1.66. The Balaban J connectivity index is 1.99. The number of rotatable bonds is 5. The van der Waals surface area contributed by atoms with Crippen molar-refractivity contribution in [1.82, 2.24) is 10.2 Å². The number of ether oxygens (including phenoxy) is 1. The van der Waals surface area contributed by atoms with Gasteiger partial charge in [0.25, 0.3) is 0 Å². The minimum absolute atomic E-state index is 0.241. The molecule has 1 aliphatic rings. The van der Waals surface area contributed by atoms with Gasteiger partial charge in [-0.2, -0.15) is 0 Å². The van der Waals surface area contributed by atoms with Gasteiger partial charge in [-0.1, -0.05) is 0 Å². The van der Waals surface area contributed by atoms with Gasteiger partial charge in [0.15, 0.2) is 5.78 Å². The summed E-state index contributed by atoms with van der Waals surface area (Å²) in [6, 6.07) is 3.88. The summed E-state index contributed by atoms with van der Waals surface area (Å²) in [5.74, 6) is 1.06. The summed E-state index contributed by atoms with van der Waals surface area (Å²) in [6.45, 7) is 9.05. The number of nitrogens with one attached hydrogen (secondary N) is 1. The van der Waals surface area contributed by atoms with Crippen molar-refractivity contribution in [3.63, 3.8) is 0 Å².